The van der Waals surface area contributed by atoms with Crippen LogP contribution in [0.25, 0.3) is 0 Å². The van der Waals surface area contributed by atoms with Gasteiger partial charge in [0.1, 0.15) is 4.90 Å². The van der Waals surface area contributed by atoms with Crippen molar-refractivity contribution in [3.63, 3.8) is 0 Å². The number of nitrogens with zero attached hydrogens (tertiary/aromatic N) is 2. The smallest absolute Gasteiger partial charge is 0.264 e. The summed E-state index contributed by atoms with van der Waals surface area (Å²) in [4.78, 5) is 26.7. The Kier molecular flexibility index (Phi) is 7.14. The van der Waals surface area contributed by atoms with Crippen LogP contribution in [-0.2, 0) is 19.6 Å². The van der Waals surface area contributed by atoms with Gasteiger partial charge in [-0.3, -0.25) is 9.59 Å². The van der Waals surface area contributed by atoms with Crippen molar-refractivity contribution in [2.24, 2.45) is 0 Å². The van der Waals surface area contributed by atoms with Crippen LogP contribution in [0.3, 0.4) is 0 Å². The highest BCUT2D eigenvalue weighted by Gasteiger charge is 2.29. The minimum atomic E-state index is -3.81. The Bertz CT molecular complexity index is 1050. The second-order valence-electron chi connectivity index (χ2n) is 6.80. The van der Waals surface area contributed by atoms with Gasteiger partial charge in [-0.05, 0) is 42.1 Å². The number of aryl methyl sites for hydroxylation is 1. The molecule has 1 aliphatic heterocycles. The molecule has 8 nitrogen and oxygen atoms in total. The largest absolute Gasteiger partial charge is 0.379 e. The SMILES string of the molecule is Cc1ccsc1C(=O)N(C)CC(=O)Nc1ccc(Cl)c(S(=O)(=O)N2CCOCC2)c1. The van der Waals surface area contributed by atoms with E-state index in [9.17, 15) is 18.0 Å². The van der Waals surface area contributed by atoms with E-state index in [0.717, 1.165) is 5.56 Å². The first kappa shape index (κ1) is 22.7. The molecule has 30 heavy (non-hydrogen) atoms. The highest BCUT2D eigenvalue weighted by Crippen LogP contribution is 2.28. The maximum absolute atomic E-state index is 12.9. The lowest BCUT2D eigenvalue weighted by Gasteiger charge is -2.26. The normalized spacial score (nSPS) is 15.0. The number of morpholine rings is 1. The molecule has 1 N–H and O–H groups in total. The van der Waals surface area contributed by atoms with Gasteiger partial charge in [-0.25, -0.2) is 8.42 Å². The first-order chi connectivity index (χ1) is 14.2. The van der Waals surface area contributed by atoms with Crippen LogP contribution >= 0.6 is 22.9 Å². The van der Waals surface area contributed by atoms with Crippen LogP contribution in [0, 0.1) is 6.92 Å². The number of anilines is 1. The summed E-state index contributed by atoms with van der Waals surface area (Å²) in [6, 6.07) is 6.12. The lowest BCUT2D eigenvalue weighted by molar-refractivity contribution is -0.116. The van der Waals surface area contributed by atoms with Crippen LogP contribution in [-0.4, -0.2) is 69.3 Å². The molecule has 1 saturated heterocycles. The summed E-state index contributed by atoms with van der Waals surface area (Å²) in [5, 5.41) is 4.52. The van der Waals surface area contributed by atoms with E-state index in [1.165, 1.54) is 45.8 Å². The number of thiophene rings is 1. The Labute approximate surface area is 184 Å². The molecule has 2 heterocycles. The van der Waals surface area contributed by atoms with Crippen LogP contribution < -0.4 is 5.32 Å². The summed E-state index contributed by atoms with van der Waals surface area (Å²) >= 11 is 7.45. The zero-order valence-electron chi connectivity index (χ0n) is 16.6. The quantitative estimate of drug-likeness (QED) is 0.698. The van der Waals surface area contributed by atoms with Gasteiger partial charge < -0.3 is 15.0 Å². The van der Waals surface area contributed by atoms with E-state index < -0.39 is 15.9 Å². The average Bonchev–Trinajstić information content (AvgIpc) is 3.15. The Morgan fingerprint density at radius 1 is 1.27 bits per heavy atom. The highest BCUT2D eigenvalue weighted by molar-refractivity contribution is 7.89. The Morgan fingerprint density at radius 3 is 2.60 bits per heavy atom. The summed E-state index contributed by atoms with van der Waals surface area (Å²) in [6.07, 6.45) is 0. The maximum Gasteiger partial charge on any atom is 0.264 e. The number of ether oxygens (including phenoxy) is 1. The molecule has 3 rings (SSSR count). The third-order valence-electron chi connectivity index (χ3n) is 4.59. The van der Waals surface area contributed by atoms with Crippen molar-refractivity contribution in [2.75, 3.05) is 45.2 Å². The number of hydrogen-bond acceptors (Lipinski definition) is 6. The summed E-state index contributed by atoms with van der Waals surface area (Å²) in [5.74, 6) is -0.693. The van der Waals surface area contributed by atoms with Gasteiger partial charge in [0.25, 0.3) is 5.91 Å². The van der Waals surface area contributed by atoms with E-state index in [1.54, 1.807) is 0 Å². The van der Waals surface area contributed by atoms with Crippen molar-refractivity contribution in [1.82, 2.24) is 9.21 Å². The number of nitrogens with one attached hydrogen (secondary N) is 1. The van der Waals surface area contributed by atoms with E-state index in [1.807, 2.05) is 18.4 Å². The lowest BCUT2D eigenvalue weighted by Crippen LogP contribution is -2.40. The maximum atomic E-state index is 12.9. The number of hydrogen-bond donors (Lipinski definition) is 1. The van der Waals surface area contributed by atoms with Crippen molar-refractivity contribution in [3.8, 4) is 0 Å². The molecule has 2 aromatic rings. The third kappa shape index (κ3) is 5.01. The van der Waals surface area contributed by atoms with E-state index in [0.29, 0.717) is 18.1 Å². The van der Waals surface area contributed by atoms with Gasteiger partial charge in [-0.2, -0.15) is 4.31 Å². The third-order valence-corrected chi connectivity index (χ3v) is 7.97. The van der Waals surface area contributed by atoms with Crippen LogP contribution in [0.15, 0.2) is 34.5 Å². The number of halogens is 1. The van der Waals surface area contributed by atoms with Gasteiger partial charge in [-0.15, -0.1) is 11.3 Å². The first-order valence-corrected chi connectivity index (χ1v) is 11.9. The van der Waals surface area contributed by atoms with Gasteiger partial charge in [0.05, 0.1) is 29.7 Å². The van der Waals surface area contributed by atoms with Crippen LogP contribution in [0.5, 0.6) is 0 Å². The van der Waals surface area contributed by atoms with Crippen molar-refractivity contribution >= 4 is 50.5 Å². The molecular weight excluding hydrogens is 450 g/mol. The molecule has 0 radical (unpaired) electrons. The van der Waals surface area contributed by atoms with Gasteiger partial charge in [0, 0.05) is 25.8 Å². The van der Waals surface area contributed by atoms with E-state index in [4.69, 9.17) is 16.3 Å². The molecule has 0 saturated carbocycles. The Hall–Kier alpha value is -1.98. The summed E-state index contributed by atoms with van der Waals surface area (Å²) in [6.45, 7) is 2.77. The molecule has 1 aromatic carbocycles. The first-order valence-electron chi connectivity index (χ1n) is 9.17. The predicted octanol–water partition coefficient (Wildman–Crippen LogP) is 2.44. The van der Waals surface area contributed by atoms with Gasteiger partial charge in [-0.1, -0.05) is 11.6 Å². The summed E-state index contributed by atoms with van der Waals surface area (Å²) < 4.78 is 32.3. The van der Waals surface area contributed by atoms with Crippen LogP contribution in [0.4, 0.5) is 5.69 Å². The van der Waals surface area contributed by atoms with Gasteiger partial charge in [0.15, 0.2) is 0 Å². The number of carbonyl (C=O) groups is 2. The molecule has 2 amide bonds. The topological polar surface area (TPSA) is 96.0 Å². The van der Waals surface area contributed by atoms with E-state index in [2.05, 4.69) is 5.32 Å². The van der Waals surface area contributed by atoms with Crippen molar-refractivity contribution < 1.29 is 22.7 Å². The molecule has 0 unspecified atom stereocenters. The molecule has 0 bridgehead atoms. The van der Waals surface area contributed by atoms with Gasteiger partial charge >= 0.3 is 0 Å². The van der Waals surface area contributed by atoms with E-state index in [-0.39, 0.29) is 41.1 Å². The average molecular weight is 472 g/mol. The standard InChI is InChI=1S/C19H22ClN3O5S2/c1-13-5-10-29-18(13)19(25)22(2)12-17(24)21-14-3-4-15(20)16(11-14)30(26,27)23-6-8-28-9-7-23/h3-5,10-11H,6-9,12H2,1-2H3,(H,21,24). The molecule has 0 atom stereocenters. The fourth-order valence-electron chi connectivity index (χ4n) is 2.96. The highest BCUT2D eigenvalue weighted by atomic mass is 35.5. The fourth-order valence-corrected chi connectivity index (χ4v) is 5.78. The second-order valence-corrected chi connectivity index (χ2v) is 10.0. The minimum Gasteiger partial charge on any atom is -0.379 e. The van der Waals surface area contributed by atoms with Crippen molar-refractivity contribution in [2.45, 2.75) is 11.8 Å². The Balaban J connectivity index is 1.71. The van der Waals surface area contributed by atoms with Crippen molar-refractivity contribution in [1.29, 1.82) is 0 Å². The predicted molar refractivity (Wildman–Crippen MR) is 116 cm³/mol. The summed E-state index contributed by atoms with van der Waals surface area (Å²) in [5.41, 5.74) is 1.14. The number of carbonyl (C=O) groups excluding carboxylic acids is 2. The molecule has 11 heteroatoms. The number of rotatable bonds is 6. The minimum absolute atomic E-state index is 0.0694. The van der Waals surface area contributed by atoms with E-state index >= 15 is 0 Å². The monoisotopic (exact) mass is 471 g/mol. The van der Waals surface area contributed by atoms with Gasteiger partial charge in [0.2, 0.25) is 15.9 Å². The molecule has 0 aliphatic carbocycles. The number of benzene rings is 1. The van der Waals surface area contributed by atoms with Crippen molar-refractivity contribution in [3.05, 3.63) is 45.1 Å². The number of amides is 2. The fraction of sp³-hybridized carbons (Fsp3) is 0.368. The molecule has 1 fully saturated rings. The van der Waals surface area contributed by atoms with Crippen LogP contribution in [0.1, 0.15) is 15.2 Å². The zero-order chi connectivity index (χ0) is 21.9. The molecular formula is C19H22ClN3O5S2. The molecule has 0 spiro atoms. The zero-order valence-corrected chi connectivity index (χ0v) is 18.9. The number of sulfonamides is 1. The second kappa shape index (κ2) is 9.44. The number of likely N-dealkylation sites (N-methyl/N-ethyl adjacent to an activating group) is 1. The summed E-state index contributed by atoms with van der Waals surface area (Å²) in [7, 11) is -2.28. The lowest BCUT2D eigenvalue weighted by atomic mass is 10.2. The molecule has 162 valence electrons. The van der Waals surface area contributed by atoms with Crippen LogP contribution in [0.2, 0.25) is 5.02 Å². The Morgan fingerprint density at radius 2 is 1.97 bits per heavy atom. The molecule has 1 aromatic heterocycles. The molecule has 1 aliphatic rings.